The highest BCUT2D eigenvalue weighted by Gasteiger charge is 2.26. The Labute approximate surface area is 107 Å². The molecule has 1 aromatic carbocycles. The molecule has 0 bridgehead atoms. The van der Waals surface area contributed by atoms with Gasteiger partial charge in [0.2, 0.25) is 0 Å². The highest BCUT2D eigenvalue weighted by molar-refractivity contribution is 6.36. The van der Waals surface area contributed by atoms with Crippen molar-refractivity contribution in [1.29, 1.82) is 0 Å². The Kier molecular flexibility index (Phi) is 5.10. The molecule has 1 unspecified atom stereocenters. The van der Waals surface area contributed by atoms with Gasteiger partial charge in [0.05, 0.1) is 5.60 Å². The van der Waals surface area contributed by atoms with Gasteiger partial charge in [0.1, 0.15) is 0 Å². The van der Waals surface area contributed by atoms with Crippen molar-refractivity contribution in [3.8, 4) is 0 Å². The molecule has 16 heavy (non-hydrogen) atoms. The van der Waals surface area contributed by atoms with Crippen LogP contribution in [0.25, 0.3) is 0 Å². The predicted molar refractivity (Wildman–Crippen MR) is 70.3 cm³/mol. The second-order valence-electron chi connectivity index (χ2n) is 4.20. The summed E-state index contributed by atoms with van der Waals surface area (Å²) in [4.78, 5) is 0. The van der Waals surface area contributed by atoms with Crippen LogP contribution in [0.1, 0.15) is 38.7 Å². The monoisotopic (exact) mass is 260 g/mol. The van der Waals surface area contributed by atoms with Crippen molar-refractivity contribution in [2.45, 2.75) is 45.1 Å². The second kappa shape index (κ2) is 5.90. The first kappa shape index (κ1) is 13.8. The summed E-state index contributed by atoms with van der Waals surface area (Å²) >= 11 is 12.2. The van der Waals surface area contributed by atoms with E-state index in [0.29, 0.717) is 22.9 Å². The van der Waals surface area contributed by atoms with Gasteiger partial charge in [-0.3, -0.25) is 0 Å². The lowest BCUT2D eigenvalue weighted by Gasteiger charge is -2.27. The molecule has 0 spiro atoms. The Morgan fingerprint density at radius 3 is 2.19 bits per heavy atom. The quantitative estimate of drug-likeness (QED) is 0.828. The van der Waals surface area contributed by atoms with Crippen LogP contribution < -0.4 is 0 Å². The molecular formula is C13H18Cl2O. The number of rotatable bonds is 5. The van der Waals surface area contributed by atoms with Gasteiger partial charge in [0.15, 0.2) is 0 Å². The summed E-state index contributed by atoms with van der Waals surface area (Å²) in [5.41, 5.74) is 0.159. The SMILES string of the molecule is CCCC(O)(CC)Cc1c(Cl)cccc1Cl. The van der Waals surface area contributed by atoms with Crippen LogP contribution in [0.15, 0.2) is 18.2 Å². The standard InChI is InChI=1S/C13H18Cl2O/c1-3-8-13(16,4-2)9-10-11(14)6-5-7-12(10)15/h5-7,16H,3-4,8-9H2,1-2H3. The first-order valence-corrected chi connectivity index (χ1v) is 6.43. The van der Waals surface area contributed by atoms with Crippen LogP contribution in [0.5, 0.6) is 0 Å². The van der Waals surface area contributed by atoms with E-state index in [1.807, 2.05) is 25.1 Å². The molecule has 0 fully saturated rings. The molecular weight excluding hydrogens is 243 g/mol. The molecule has 1 atom stereocenters. The van der Waals surface area contributed by atoms with Crippen molar-refractivity contribution in [1.82, 2.24) is 0 Å². The number of hydrogen-bond acceptors (Lipinski definition) is 1. The molecule has 0 heterocycles. The van der Waals surface area contributed by atoms with E-state index in [0.717, 1.165) is 18.4 Å². The fourth-order valence-electron chi connectivity index (χ4n) is 1.89. The van der Waals surface area contributed by atoms with Crippen LogP contribution in [0.3, 0.4) is 0 Å². The molecule has 0 saturated heterocycles. The highest BCUT2D eigenvalue weighted by atomic mass is 35.5. The lowest BCUT2D eigenvalue weighted by molar-refractivity contribution is 0.0271. The van der Waals surface area contributed by atoms with E-state index in [4.69, 9.17) is 23.2 Å². The molecule has 1 N–H and O–H groups in total. The zero-order chi connectivity index (χ0) is 12.2. The van der Waals surface area contributed by atoms with E-state index >= 15 is 0 Å². The minimum absolute atomic E-state index is 0.524. The summed E-state index contributed by atoms with van der Waals surface area (Å²) in [5, 5.41) is 11.7. The number of benzene rings is 1. The molecule has 0 aliphatic heterocycles. The Balaban J connectivity index is 2.94. The molecule has 3 heteroatoms. The van der Waals surface area contributed by atoms with Gasteiger partial charge in [0, 0.05) is 16.5 Å². The number of aliphatic hydroxyl groups is 1. The minimum Gasteiger partial charge on any atom is -0.390 e. The summed E-state index contributed by atoms with van der Waals surface area (Å²) < 4.78 is 0. The Bertz CT molecular complexity index is 332. The van der Waals surface area contributed by atoms with E-state index in [1.165, 1.54) is 0 Å². The van der Waals surface area contributed by atoms with Gasteiger partial charge in [-0.05, 0) is 30.5 Å². The molecule has 0 radical (unpaired) electrons. The van der Waals surface area contributed by atoms with E-state index in [9.17, 15) is 5.11 Å². The van der Waals surface area contributed by atoms with Crippen LogP contribution in [0.2, 0.25) is 10.0 Å². The summed E-state index contributed by atoms with van der Waals surface area (Å²) in [6.07, 6.45) is 2.95. The Hall–Kier alpha value is -0.240. The molecule has 1 nitrogen and oxygen atoms in total. The third kappa shape index (κ3) is 3.38. The second-order valence-corrected chi connectivity index (χ2v) is 5.02. The molecule has 1 aromatic rings. The van der Waals surface area contributed by atoms with Crippen LogP contribution in [0.4, 0.5) is 0 Å². The summed E-state index contributed by atoms with van der Waals surface area (Å²) in [7, 11) is 0. The van der Waals surface area contributed by atoms with Crippen molar-refractivity contribution >= 4 is 23.2 Å². The highest BCUT2D eigenvalue weighted by Crippen LogP contribution is 2.31. The van der Waals surface area contributed by atoms with Crippen molar-refractivity contribution < 1.29 is 5.11 Å². The summed E-state index contributed by atoms with van der Waals surface area (Å²) in [5.74, 6) is 0. The molecule has 0 aliphatic carbocycles. The predicted octanol–water partition coefficient (Wildman–Crippen LogP) is 4.48. The molecule has 90 valence electrons. The van der Waals surface area contributed by atoms with Crippen molar-refractivity contribution in [2.75, 3.05) is 0 Å². The largest absolute Gasteiger partial charge is 0.390 e. The Morgan fingerprint density at radius 2 is 1.75 bits per heavy atom. The van der Waals surface area contributed by atoms with Gasteiger partial charge in [-0.2, -0.15) is 0 Å². The average molecular weight is 261 g/mol. The fraction of sp³-hybridized carbons (Fsp3) is 0.538. The fourth-order valence-corrected chi connectivity index (χ4v) is 2.42. The first-order valence-electron chi connectivity index (χ1n) is 5.67. The van der Waals surface area contributed by atoms with Crippen molar-refractivity contribution in [3.05, 3.63) is 33.8 Å². The van der Waals surface area contributed by atoms with Crippen LogP contribution in [-0.4, -0.2) is 10.7 Å². The average Bonchev–Trinajstić information content (AvgIpc) is 2.24. The zero-order valence-electron chi connectivity index (χ0n) is 9.76. The lowest BCUT2D eigenvalue weighted by Crippen LogP contribution is -2.30. The minimum atomic E-state index is -0.691. The van der Waals surface area contributed by atoms with Crippen LogP contribution >= 0.6 is 23.2 Å². The molecule has 0 amide bonds. The maximum Gasteiger partial charge on any atom is 0.0686 e. The maximum atomic E-state index is 10.4. The van der Waals surface area contributed by atoms with Crippen LogP contribution in [0, 0.1) is 0 Å². The lowest BCUT2D eigenvalue weighted by atomic mass is 9.88. The van der Waals surface area contributed by atoms with E-state index in [-0.39, 0.29) is 0 Å². The van der Waals surface area contributed by atoms with E-state index in [2.05, 4.69) is 6.92 Å². The number of halogens is 2. The first-order chi connectivity index (χ1) is 7.52. The van der Waals surface area contributed by atoms with Gasteiger partial charge in [-0.15, -0.1) is 0 Å². The maximum absolute atomic E-state index is 10.4. The summed E-state index contributed by atoms with van der Waals surface area (Å²) in [6.45, 7) is 4.05. The van der Waals surface area contributed by atoms with Crippen molar-refractivity contribution in [3.63, 3.8) is 0 Å². The normalized spacial score (nSPS) is 14.8. The van der Waals surface area contributed by atoms with Gasteiger partial charge in [-0.25, -0.2) is 0 Å². The number of hydrogen-bond donors (Lipinski definition) is 1. The topological polar surface area (TPSA) is 20.2 Å². The third-order valence-corrected chi connectivity index (χ3v) is 3.65. The molecule has 0 saturated carbocycles. The Morgan fingerprint density at radius 1 is 1.19 bits per heavy atom. The van der Waals surface area contributed by atoms with Crippen molar-refractivity contribution in [2.24, 2.45) is 0 Å². The van der Waals surface area contributed by atoms with Gasteiger partial charge in [0.25, 0.3) is 0 Å². The van der Waals surface area contributed by atoms with Gasteiger partial charge in [-0.1, -0.05) is 49.5 Å². The molecule has 0 aliphatic rings. The van der Waals surface area contributed by atoms with E-state index in [1.54, 1.807) is 0 Å². The summed E-state index contributed by atoms with van der Waals surface area (Å²) in [6, 6.07) is 5.44. The van der Waals surface area contributed by atoms with Crippen LogP contribution in [-0.2, 0) is 6.42 Å². The zero-order valence-corrected chi connectivity index (χ0v) is 11.3. The van der Waals surface area contributed by atoms with Gasteiger partial charge < -0.3 is 5.11 Å². The molecule has 1 rings (SSSR count). The molecule has 0 aromatic heterocycles. The van der Waals surface area contributed by atoms with E-state index < -0.39 is 5.60 Å². The third-order valence-electron chi connectivity index (χ3n) is 2.94. The smallest absolute Gasteiger partial charge is 0.0686 e. The van der Waals surface area contributed by atoms with Gasteiger partial charge >= 0.3 is 0 Å².